The molecule has 0 radical (unpaired) electrons. The van der Waals surface area contributed by atoms with E-state index in [0.717, 1.165) is 12.0 Å². The van der Waals surface area contributed by atoms with E-state index in [2.05, 4.69) is 0 Å². The number of carbonyl (C=O) groups excluding carboxylic acids is 2. The Bertz CT molecular complexity index is 407. The van der Waals surface area contributed by atoms with Crippen LogP contribution in [0.1, 0.15) is 32.1 Å². The predicted octanol–water partition coefficient (Wildman–Crippen LogP) is 1.93. The van der Waals surface area contributed by atoms with Crippen LogP contribution in [-0.2, 0) is 14.3 Å². The van der Waals surface area contributed by atoms with Gasteiger partial charge in [0.05, 0.1) is 5.92 Å². The number of Topliss-reactive ketones (excluding diaryl/α,β-unsaturated/α-hetero) is 1. The predicted molar refractivity (Wildman–Crippen MR) is 57.6 cm³/mol. The zero-order chi connectivity index (χ0) is 11.2. The van der Waals surface area contributed by atoms with Gasteiger partial charge in [0.25, 0.3) is 0 Å². The Morgan fingerprint density at radius 2 is 2.00 bits per heavy atom. The third-order valence-corrected chi connectivity index (χ3v) is 3.88. The normalized spacial score (nSPS) is 31.2. The monoisotopic (exact) mass is 218 g/mol. The number of ether oxygens (including phenoxy) is 1. The first kappa shape index (κ1) is 9.82. The number of ketones is 1. The maximum Gasteiger partial charge on any atom is 0.314 e. The summed E-state index contributed by atoms with van der Waals surface area (Å²) in [5.74, 6) is 0.0974. The quantitative estimate of drug-likeness (QED) is 0.583. The summed E-state index contributed by atoms with van der Waals surface area (Å²) < 4.78 is 5.59. The fourth-order valence-corrected chi connectivity index (χ4v) is 2.97. The van der Waals surface area contributed by atoms with E-state index < -0.39 is 5.60 Å². The molecule has 3 rings (SSSR count). The molecule has 0 aromatic carbocycles. The maximum atomic E-state index is 11.8. The van der Waals surface area contributed by atoms with Gasteiger partial charge in [-0.25, -0.2) is 0 Å². The number of hydrogen-bond acceptors (Lipinski definition) is 3. The third kappa shape index (κ3) is 1.27. The molecule has 2 aliphatic carbocycles. The Hall–Kier alpha value is -1.38. The molecule has 3 heteroatoms. The minimum atomic E-state index is -0.444. The molecule has 1 spiro atoms. The van der Waals surface area contributed by atoms with E-state index in [1.165, 1.54) is 0 Å². The molecule has 3 aliphatic rings. The smallest absolute Gasteiger partial charge is 0.314 e. The van der Waals surface area contributed by atoms with Gasteiger partial charge >= 0.3 is 5.97 Å². The van der Waals surface area contributed by atoms with Gasteiger partial charge in [0.2, 0.25) is 0 Å². The standard InChI is InChI=1S/C13H14O3/c14-9-5-7-13(8-6-9)11-4-2-1-3-10(11)12(15)16-13/h1-2,4,10H,3,5-8H2. The SMILES string of the molecule is O=C1CCC2(CC1)OC(=O)C1CC=CC=C12. The molecular weight excluding hydrogens is 204 g/mol. The Morgan fingerprint density at radius 1 is 1.25 bits per heavy atom. The van der Waals surface area contributed by atoms with Crippen LogP contribution < -0.4 is 0 Å². The number of esters is 1. The topological polar surface area (TPSA) is 43.4 Å². The lowest BCUT2D eigenvalue weighted by Gasteiger charge is -2.33. The molecular formula is C13H14O3. The lowest BCUT2D eigenvalue weighted by molar-refractivity contribution is -0.153. The van der Waals surface area contributed by atoms with Gasteiger partial charge in [0.1, 0.15) is 11.4 Å². The van der Waals surface area contributed by atoms with Crippen molar-refractivity contribution in [2.75, 3.05) is 0 Å². The van der Waals surface area contributed by atoms with E-state index >= 15 is 0 Å². The van der Waals surface area contributed by atoms with Crippen LogP contribution >= 0.6 is 0 Å². The van der Waals surface area contributed by atoms with Gasteiger partial charge in [-0.15, -0.1) is 0 Å². The molecule has 16 heavy (non-hydrogen) atoms. The lowest BCUT2D eigenvalue weighted by atomic mass is 9.74. The van der Waals surface area contributed by atoms with Gasteiger partial charge in [-0.1, -0.05) is 18.2 Å². The van der Waals surface area contributed by atoms with Crippen molar-refractivity contribution >= 4 is 11.8 Å². The minimum absolute atomic E-state index is 0.0850. The maximum absolute atomic E-state index is 11.8. The van der Waals surface area contributed by atoms with E-state index in [1.807, 2.05) is 18.2 Å². The summed E-state index contributed by atoms with van der Waals surface area (Å²) in [4.78, 5) is 23.1. The van der Waals surface area contributed by atoms with Crippen molar-refractivity contribution in [1.29, 1.82) is 0 Å². The fraction of sp³-hybridized carbons (Fsp3) is 0.538. The molecule has 0 N–H and O–H groups in total. The van der Waals surface area contributed by atoms with E-state index in [1.54, 1.807) is 0 Å². The number of hydrogen-bond donors (Lipinski definition) is 0. The van der Waals surface area contributed by atoms with Crippen molar-refractivity contribution in [3.8, 4) is 0 Å². The molecule has 1 aliphatic heterocycles. The highest BCUT2D eigenvalue weighted by Crippen LogP contribution is 2.47. The molecule has 0 aromatic heterocycles. The average Bonchev–Trinajstić information content (AvgIpc) is 2.58. The molecule has 1 heterocycles. The molecule has 0 amide bonds. The number of rotatable bonds is 0. The Balaban J connectivity index is 1.96. The zero-order valence-corrected chi connectivity index (χ0v) is 9.07. The average molecular weight is 218 g/mol. The van der Waals surface area contributed by atoms with Crippen LogP contribution in [0.15, 0.2) is 23.8 Å². The minimum Gasteiger partial charge on any atom is -0.454 e. The highest BCUT2D eigenvalue weighted by Gasteiger charge is 2.52. The van der Waals surface area contributed by atoms with Gasteiger partial charge in [-0.05, 0) is 24.8 Å². The first-order valence-corrected chi connectivity index (χ1v) is 5.83. The summed E-state index contributed by atoms with van der Waals surface area (Å²) in [7, 11) is 0. The number of carbonyl (C=O) groups is 2. The van der Waals surface area contributed by atoms with Crippen molar-refractivity contribution in [3.05, 3.63) is 23.8 Å². The van der Waals surface area contributed by atoms with Gasteiger partial charge < -0.3 is 4.74 Å². The van der Waals surface area contributed by atoms with Crippen molar-refractivity contribution in [2.24, 2.45) is 5.92 Å². The van der Waals surface area contributed by atoms with Crippen molar-refractivity contribution < 1.29 is 14.3 Å². The van der Waals surface area contributed by atoms with Crippen LogP contribution in [-0.4, -0.2) is 17.4 Å². The second kappa shape index (κ2) is 3.30. The molecule has 84 valence electrons. The lowest BCUT2D eigenvalue weighted by Crippen LogP contribution is -2.36. The Kier molecular flexibility index (Phi) is 2.03. The molecule has 0 aromatic rings. The molecule has 2 fully saturated rings. The van der Waals surface area contributed by atoms with Crippen molar-refractivity contribution in [1.82, 2.24) is 0 Å². The first-order valence-electron chi connectivity index (χ1n) is 5.83. The molecule has 1 saturated carbocycles. The van der Waals surface area contributed by atoms with Crippen molar-refractivity contribution in [2.45, 2.75) is 37.7 Å². The summed E-state index contributed by atoms with van der Waals surface area (Å²) in [6.07, 6.45) is 9.19. The van der Waals surface area contributed by atoms with Crippen LogP contribution in [0, 0.1) is 5.92 Å². The Morgan fingerprint density at radius 3 is 2.75 bits per heavy atom. The molecule has 1 unspecified atom stereocenters. The summed E-state index contributed by atoms with van der Waals surface area (Å²) in [6, 6.07) is 0. The van der Waals surface area contributed by atoms with E-state index in [9.17, 15) is 9.59 Å². The molecule has 1 saturated heterocycles. The summed E-state index contributed by atoms with van der Waals surface area (Å²) in [5.41, 5.74) is 0.660. The van der Waals surface area contributed by atoms with E-state index in [-0.39, 0.29) is 17.7 Å². The zero-order valence-electron chi connectivity index (χ0n) is 9.07. The first-order chi connectivity index (χ1) is 7.71. The van der Waals surface area contributed by atoms with Gasteiger partial charge in [-0.2, -0.15) is 0 Å². The molecule has 1 atom stereocenters. The second-order valence-corrected chi connectivity index (χ2v) is 4.79. The largest absolute Gasteiger partial charge is 0.454 e. The third-order valence-electron chi connectivity index (χ3n) is 3.88. The van der Waals surface area contributed by atoms with Crippen molar-refractivity contribution in [3.63, 3.8) is 0 Å². The van der Waals surface area contributed by atoms with Crippen LogP contribution in [0.5, 0.6) is 0 Å². The Labute approximate surface area is 94.2 Å². The highest BCUT2D eigenvalue weighted by molar-refractivity contribution is 5.84. The molecule has 0 bridgehead atoms. The van der Waals surface area contributed by atoms with E-state index in [4.69, 9.17) is 4.74 Å². The highest BCUT2D eigenvalue weighted by atomic mass is 16.6. The fourth-order valence-electron chi connectivity index (χ4n) is 2.97. The van der Waals surface area contributed by atoms with Crippen LogP contribution in [0.4, 0.5) is 0 Å². The molecule has 3 nitrogen and oxygen atoms in total. The summed E-state index contributed by atoms with van der Waals surface area (Å²) in [6.45, 7) is 0. The second-order valence-electron chi connectivity index (χ2n) is 4.79. The summed E-state index contributed by atoms with van der Waals surface area (Å²) >= 11 is 0. The van der Waals surface area contributed by atoms with Crippen LogP contribution in [0.3, 0.4) is 0 Å². The van der Waals surface area contributed by atoms with Crippen LogP contribution in [0.25, 0.3) is 0 Å². The van der Waals surface area contributed by atoms with E-state index in [0.29, 0.717) is 25.7 Å². The number of allylic oxidation sites excluding steroid dienone is 3. The summed E-state index contributed by atoms with van der Waals surface area (Å²) in [5, 5.41) is 0. The number of fused-ring (bicyclic) bond motifs is 2. The van der Waals surface area contributed by atoms with Crippen LogP contribution in [0.2, 0.25) is 0 Å². The van der Waals surface area contributed by atoms with Gasteiger partial charge in [0.15, 0.2) is 0 Å². The van der Waals surface area contributed by atoms with Gasteiger partial charge in [-0.3, -0.25) is 9.59 Å². The van der Waals surface area contributed by atoms with Gasteiger partial charge in [0, 0.05) is 12.8 Å².